The van der Waals surface area contributed by atoms with E-state index in [1.54, 1.807) is 0 Å². The Bertz CT molecular complexity index is 149. The number of hydrogen-bond acceptors (Lipinski definition) is 1. The summed E-state index contributed by atoms with van der Waals surface area (Å²) in [7, 11) is 0. The maximum Gasteiger partial charge on any atom is 0.0130 e. The van der Waals surface area contributed by atoms with Crippen LogP contribution >= 0.6 is 0 Å². The Morgan fingerprint density at radius 2 is 1.55 bits per heavy atom. The molecule has 0 aromatic carbocycles. The first-order valence-corrected chi connectivity index (χ1v) is 4.64. The van der Waals surface area contributed by atoms with Crippen LogP contribution in [-0.4, -0.2) is 6.04 Å². The lowest BCUT2D eigenvalue weighted by atomic mass is 9.89. The predicted octanol–water partition coefficient (Wildman–Crippen LogP) is 2.26. The van der Waals surface area contributed by atoms with Crippen LogP contribution in [0.4, 0.5) is 0 Å². The molecule has 0 aromatic rings. The van der Waals surface area contributed by atoms with Crippen LogP contribution < -0.4 is 5.73 Å². The molecule has 1 heteroatoms. The lowest BCUT2D eigenvalue weighted by Gasteiger charge is -2.16. The fraction of sp³-hybridized carbons (Fsp3) is 1.00. The molecule has 0 heterocycles. The second kappa shape index (κ2) is 2.48. The standard InChI is InChI=1S/C10H21N/c1-6(2)7(3)8-9(11)10(8,4)5/h6-9H,11H2,1-5H3. The Morgan fingerprint density at radius 1 is 1.18 bits per heavy atom. The van der Waals surface area contributed by atoms with E-state index in [9.17, 15) is 0 Å². The van der Waals surface area contributed by atoms with Crippen LogP contribution in [0.5, 0.6) is 0 Å². The summed E-state index contributed by atoms with van der Waals surface area (Å²) in [4.78, 5) is 0. The molecule has 1 fully saturated rings. The second-order valence-corrected chi connectivity index (χ2v) is 4.98. The number of hydrogen-bond donors (Lipinski definition) is 1. The topological polar surface area (TPSA) is 26.0 Å². The summed E-state index contributed by atoms with van der Waals surface area (Å²) in [5.41, 5.74) is 6.39. The molecule has 3 atom stereocenters. The highest BCUT2D eigenvalue weighted by molar-refractivity contribution is 5.10. The first kappa shape index (κ1) is 9.05. The molecule has 1 aliphatic rings. The van der Waals surface area contributed by atoms with Crippen molar-refractivity contribution < 1.29 is 0 Å². The van der Waals surface area contributed by atoms with E-state index in [1.807, 2.05) is 0 Å². The average molecular weight is 155 g/mol. The fourth-order valence-corrected chi connectivity index (χ4v) is 2.14. The molecule has 2 N–H and O–H groups in total. The van der Waals surface area contributed by atoms with E-state index in [-0.39, 0.29) is 0 Å². The summed E-state index contributed by atoms with van der Waals surface area (Å²) in [6.07, 6.45) is 0. The first-order valence-electron chi connectivity index (χ1n) is 4.64. The lowest BCUT2D eigenvalue weighted by Crippen LogP contribution is -2.12. The Morgan fingerprint density at radius 3 is 1.64 bits per heavy atom. The molecule has 0 aromatic heterocycles. The third-order valence-electron chi connectivity index (χ3n) is 3.61. The molecular formula is C10H21N. The van der Waals surface area contributed by atoms with Gasteiger partial charge in [-0.25, -0.2) is 0 Å². The second-order valence-electron chi connectivity index (χ2n) is 4.98. The van der Waals surface area contributed by atoms with Gasteiger partial charge in [0.1, 0.15) is 0 Å². The molecule has 0 bridgehead atoms. The van der Waals surface area contributed by atoms with Gasteiger partial charge < -0.3 is 5.73 Å². The van der Waals surface area contributed by atoms with E-state index in [0.717, 1.165) is 17.8 Å². The van der Waals surface area contributed by atoms with E-state index in [4.69, 9.17) is 5.73 Å². The molecule has 1 saturated carbocycles. The quantitative estimate of drug-likeness (QED) is 0.650. The highest BCUT2D eigenvalue weighted by Gasteiger charge is 2.57. The summed E-state index contributed by atoms with van der Waals surface area (Å²) in [5.74, 6) is 2.30. The number of rotatable bonds is 2. The minimum absolute atomic E-state index is 0.406. The summed E-state index contributed by atoms with van der Waals surface area (Å²) in [6, 6.07) is 0.444. The van der Waals surface area contributed by atoms with Crippen LogP contribution in [0, 0.1) is 23.2 Å². The van der Waals surface area contributed by atoms with Gasteiger partial charge in [0.25, 0.3) is 0 Å². The van der Waals surface area contributed by atoms with E-state index in [2.05, 4.69) is 34.6 Å². The largest absolute Gasteiger partial charge is 0.327 e. The molecule has 1 nitrogen and oxygen atoms in total. The maximum atomic E-state index is 5.98. The Kier molecular flexibility index (Phi) is 2.04. The molecular weight excluding hydrogens is 134 g/mol. The van der Waals surface area contributed by atoms with E-state index in [1.165, 1.54) is 0 Å². The van der Waals surface area contributed by atoms with Gasteiger partial charge in [-0.2, -0.15) is 0 Å². The van der Waals surface area contributed by atoms with Crippen LogP contribution in [0.1, 0.15) is 34.6 Å². The van der Waals surface area contributed by atoms with Gasteiger partial charge >= 0.3 is 0 Å². The normalized spacial score (nSPS) is 37.4. The van der Waals surface area contributed by atoms with E-state index >= 15 is 0 Å². The third-order valence-corrected chi connectivity index (χ3v) is 3.61. The van der Waals surface area contributed by atoms with Crippen LogP contribution in [0.25, 0.3) is 0 Å². The molecule has 66 valence electrons. The van der Waals surface area contributed by atoms with Crippen LogP contribution in [0.15, 0.2) is 0 Å². The average Bonchev–Trinajstić information content (AvgIpc) is 2.32. The van der Waals surface area contributed by atoms with Gasteiger partial charge in [-0.1, -0.05) is 34.6 Å². The molecule has 0 saturated heterocycles. The van der Waals surface area contributed by atoms with Crippen LogP contribution in [0.3, 0.4) is 0 Å². The van der Waals surface area contributed by atoms with Gasteiger partial charge in [-0.3, -0.25) is 0 Å². The molecule has 11 heavy (non-hydrogen) atoms. The first-order chi connectivity index (χ1) is 4.89. The molecule has 0 radical (unpaired) electrons. The van der Waals surface area contributed by atoms with Crippen molar-refractivity contribution in [1.29, 1.82) is 0 Å². The minimum atomic E-state index is 0.406. The summed E-state index contributed by atoms with van der Waals surface area (Å²) < 4.78 is 0. The van der Waals surface area contributed by atoms with Crippen molar-refractivity contribution in [2.45, 2.75) is 40.7 Å². The molecule has 0 aliphatic heterocycles. The van der Waals surface area contributed by atoms with Crippen LogP contribution in [0.2, 0.25) is 0 Å². The van der Waals surface area contributed by atoms with Crippen molar-refractivity contribution in [1.82, 2.24) is 0 Å². The summed E-state index contributed by atoms with van der Waals surface area (Å²) in [6.45, 7) is 11.4. The zero-order chi connectivity index (χ0) is 8.81. The SMILES string of the molecule is CC(C)C(C)C1C(N)C1(C)C. The van der Waals surface area contributed by atoms with Crippen molar-refractivity contribution in [3.8, 4) is 0 Å². The van der Waals surface area contributed by atoms with E-state index < -0.39 is 0 Å². The lowest BCUT2D eigenvalue weighted by molar-refractivity contribution is 0.327. The zero-order valence-electron chi connectivity index (χ0n) is 8.39. The highest BCUT2D eigenvalue weighted by Crippen LogP contribution is 2.55. The summed E-state index contributed by atoms with van der Waals surface area (Å²) in [5, 5.41) is 0. The summed E-state index contributed by atoms with van der Waals surface area (Å²) >= 11 is 0. The highest BCUT2D eigenvalue weighted by atomic mass is 14.8. The van der Waals surface area contributed by atoms with Gasteiger partial charge in [0.2, 0.25) is 0 Å². The monoisotopic (exact) mass is 155 g/mol. The Hall–Kier alpha value is -0.0400. The predicted molar refractivity (Wildman–Crippen MR) is 49.2 cm³/mol. The van der Waals surface area contributed by atoms with Crippen molar-refractivity contribution in [2.24, 2.45) is 28.9 Å². The fourth-order valence-electron chi connectivity index (χ4n) is 2.14. The van der Waals surface area contributed by atoms with Gasteiger partial charge in [0.15, 0.2) is 0 Å². The van der Waals surface area contributed by atoms with Crippen molar-refractivity contribution >= 4 is 0 Å². The zero-order valence-corrected chi connectivity index (χ0v) is 8.39. The van der Waals surface area contributed by atoms with Crippen molar-refractivity contribution in [2.75, 3.05) is 0 Å². The van der Waals surface area contributed by atoms with Gasteiger partial charge in [0.05, 0.1) is 0 Å². The van der Waals surface area contributed by atoms with Crippen molar-refractivity contribution in [3.63, 3.8) is 0 Å². The van der Waals surface area contributed by atoms with Gasteiger partial charge in [0, 0.05) is 6.04 Å². The molecule has 3 unspecified atom stereocenters. The van der Waals surface area contributed by atoms with Gasteiger partial charge in [-0.15, -0.1) is 0 Å². The molecule has 1 aliphatic carbocycles. The van der Waals surface area contributed by atoms with Crippen LogP contribution in [-0.2, 0) is 0 Å². The molecule has 1 rings (SSSR count). The Labute approximate surface area is 70.4 Å². The minimum Gasteiger partial charge on any atom is -0.327 e. The number of nitrogens with two attached hydrogens (primary N) is 1. The third kappa shape index (κ3) is 1.31. The Balaban J connectivity index is 2.53. The smallest absolute Gasteiger partial charge is 0.0130 e. The van der Waals surface area contributed by atoms with E-state index in [0.29, 0.717) is 11.5 Å². The van der Waals surface area contributed by atoms with Gasteiger partial charge in [-0.05, 0) is 23.2 Å². The molecule has 0 spiro atoms. The maximum absolute atomic E-state index is 5.98. The molecule has 0 amide bonds. The van der Waals surface area contributed by atoms with Crippen molar-refractivity contribution in [3.05, 3.63) is 0 Å².